The molecular weight excluding hydrogens is 344 g/mol. The highest BCUT2D eigenvalue weighted by atomic mass is 16.6. The van der Waals surface area contributed by atoms with Gasteiger partial charge in [0.05, 0.1) is 30.3 Å². The lowest BCUT2D eigenvalue weighted by Crippen LogP contribution is -2.15. The van der Waals surface area contributed by atoms with Gasteiger partial charge in [-0.15, -0.1) is 0 Å². The average Bonchev–Trinajstić information content (AvgIpc) is 2.66. The molecule has 0 aliphatic heterocycles. The molecule has 2 rings (SSSR count). The number of amides is 1. The summed E-state index contributed by atoms with van der Waals surface area (Å²) in [5, 5.41) is 13.5. The molecule has 0 saturated carbocycles. The number of nitro groups is 1. The molecule has 9 heteroatoms. The van der Waals surface area contributed by atoms with Gasteiger partial charge in [-0.1, -0.05) is 12.1 Å². The summed E-state index contributed by atoms with van der Waals surface area (Å²) in [6.45, 7) is 0. The van der Waals surface area contributed by atoms with Crippen molar-refractivity contribution in [3.63, 3.8) is 0 Å². The van der Waals surface area contributed by atoms with Gasteiger partial charge in [-0.2, -0.15) is 0 Å². The second kappa shape index (κ2) is 7.88. The fraction of sp³-hybridized carbons (Fsp3) is 0.118. The van der Waals surface area contributed by atoms with Crippen LogP contribution < -0.4 is 5.32 Å². The Bertz CT molecular complexity index is 858. The normalized spacial score (nSPS) is 9.92. The number of nitrogens with zero attached hydrogens (tertiary/aromatic N) is 1. The van der Waals surface area contributed by atoms with Crippen LogP contribution in [0.25, 0.3) is 0 Å². The number of rotatable bonds is 5. The van der Waals surface area contributed by atoms with E-state index in [1.54, 1.807) is 0 Å². The lowest BCUT2D eigenvalue weighted by Gasteiger charge is -2.10. The monoisotopic (exact) mass is 358 g/mol. The van der Waals surface area contributed by atoms with Crippen LogP contribution in [-0.2, 0) is 9.47 Å². The van der Waals surface area contributed by atoms with Crippen LogP contribution in [0.5, 0.6) is 0 Å². The first-order valence-electron chi connectivity index (χ1n) is 7.24. The first-order valence-corrected chi connectivity index (χ1v) is 7.24. The topological polar surface area (TPSA) is 125 Å². The highest BCUT2D eigenvalue weighted by molar-refractivity contribution is 6.08. The number of para-hydroxylation sites is 1. The van der Waals surface area contributed by atoms with Gasteiger partial charge in [0.1, 0.15) is 5.56 Å². The van der Waals surface area contributed by atoms with E-state index in [9.17, 15) is 24.5 Å². The lowest BCUT2D eigenvalue weighted by atomic mass is 10.1. The van der Waals surface area contributed by atoms with E-state index in [0.717, 1.165) is 0 Å². The van der Waals surface area contributed by atoms with E-state index in [2.05, 4.69) is 14.8 Å². The zero-order valence-corrected chi connectivity index (χ0v) is 13.8. The number of hydrogen-bond acceptors (Lipinski definition) is 7. The minimum atomic E-state index is -0.768. The smallest absolute Gasteiger partial charge is 0.337 e. The Morgan fingerprint density at radius 1 is 0.962 bits per heavy atom. The number of nitrogens with one attached hydrogen (secondary N) is 1. The molecule has 0 aliphatic carbocycles. The highest BCUT2D eigenvalue weighted by Crippen LogP contribution is 2.21. The van der Waals surface area contributed by atoms with Crippen molar-refractivity contribution in [2.75, 3.05) is 19.5 Å². The van der Waals surface area contributed by atoms with Crippen LogP contribution >= 0.6 is 0 Å². The first-order chi connectivity index (χ1) is 12.4. The van der Waals surface area contributed by atoms with Crippen molar-refractivity contribution in [1.82, 2.24) is 0 Å². The molecule has 0 aliphatic rings. The van der Waals surface area contributed by atoms with Crippen molar-refractivity contribution < 1.29 is 28.8 Å². The van der Waals surface area contributed by atoms with E-state index in [1.807, 2.05) is 0 Å². The maximum absolute atomic E-state index is 12.4. The summed E-state index contributed by atoms with van der Waals surface area (Å²) < 4.78 is 9.21. The van der Waals surface area contributed by atoms with Gasteiger partial charge in [-0.3, -0.25) is 14.9 Å². The molecule has 26 heavy (non-hydrogen) atoms. The summed E-state index contributed by atoms with van der Waals surface area (Å²) in [6.07, 6.45) is 0. The van der Waals surface area contributed by atoms with Gasteiger partial charge in [-0.05, 0) is 24.3 Å². The van der Waals surface area contributed by atoms with Crippen molar-refractivity contribution in [3.05, 3.63) is 69.3 Å². The third kappa shape index (κ3) is 4.01. The van der Waals surface area contributed by atoms with Gasteiger partial charge in [0.25, 0.3) is 11.6 Å². The maximum atomic E-state index is 12.4. The number of hydrogen-bond donors (Lipinski definition) is 1. The van der Waals surface area contributed by atoms with Crippen LogP contribution in [-0.4, -0.2) is 37.0 Å². The molecule has 0 heterocycles. The summed E-state index contributed by atoms with van der Waals surface area (Å²) in [6, 6.07) is 9.21. The van der Waals surface area contributed by atoms with Crippen molar-refractivity contribution in [2.45, 2.75) is 0 Å². The zero-order valence-electron chi connectivity index (χ0n) is 13.8. The van der Waals surface area contributed by atoms with Gasteiger partial charge < -0.3 is 14.8 Å². The Morgan fingerprint density at radius 3 is 2.00 bits per heavy atom. The summed E-state index contributed by atoms with van der Waals surface area (Å²) in [5.41, 5.74) is -0.444. The second-order valence-corrected chi connectivity index (χ2v) is 5.01. The SMILES string of the molecule is COC(=O)c1cc(NC(=O)c2ccccc2[N+](=O)[O-])cc(C(=O)OC)c1. The summed E-state index contributed by atoms with van der Waals surface area (Å²) >= 11 is 0. The standard InChI is InChI=1S/C17H14N2O7/c1-25-16(21)10-7-11(17(22)26-2)9-12(8-10)18-15(20)13-5-3-4-6-14(13)19(23)24/h3-9H,1-2H3,(H,18,20). The van der Waals surface area contributed by atoms with Crippen LogP contribution in [0.2, 0.25) is 0 Å². The van der Waals surface area contributed by atoms with Gasteiger partial charge >= 0.3 is 11.9 Å². The molecule has 1 amide bonds. The first kappa shape index (κ1) is 18.6. The number of methoxy groups -OCH3 is 2. The Hall–Kier alpha value is -3.75. The molecule has 0 unspecified atom stereocenters. The molecule has 0 aromatic heterocycles. The van der Waals surface area contributed by atoms with Gasteiger partial charge in [0, 0.05) is 11.8 Å². The molecular formula is C17H14N2O7. The molecule has 134 valence electrons. The van der Waals surface area contributed by atoms with Gasteiger partial charge in [0.2, 0.25) is 0 Å². The van der Waals surface area contributed by atoms with Crippen molar-refractivity contribution in [2.24, 2.45) is 0 Å². The minimum Gasteiger partial charge on any atom is -0.465 e. The van der Waals surface area contributed by atoms with Crippen molar-refractivity contribution >= 4 is 29.2 Å². The maximum Gasteiger partial charge on any atom is 0.337 e. The summed E-state index contributed by atoms with van der Waals surface area (Å²) in [5.74, 6) is -2.22. The average molecular weight is 358 g/mol. The van der Waals surface area contributed by atoms with Crippen molar-refractivity contribution in [3.8, 4) is 0 Å². The van der Waals surface area contributed by atoms with Gasteiger partial charge in [0.15, 0.2) is 0 Å². The number of anilines is 1. The number of ether oxygens (including phenoxy) is 2. The molecule has 0 saturated heterocycles. The van der Waals surface area contributed by atoms with E-state index in [4.69, 9.17) is 0 Å². The molecule has 0 bridgehead atoms. The zero-order chi connectivity index (χ0) is 19.3. The molecule has 0 spiro atoms. The van der Waals surface area contributed by atoms with Crippen LogP contribution in [0.15, 0.2) is 42.5 Å². The summed E-state index contributed by atoms with van der Waals surface area (Å²) in [7, 11) is 2.33. The highest BCUT2D eigenvalue weighted by Gasteiger charge is 2.20. The van der Waals surface area contributed by atoms with Crippen LogP contribution in [0.4, 0.5) is 11.4 Å². The number of esters is 2. The second-order valence-electron chi connectivity index (χ2n) is 5.01. The largest absolute Gasteiger partial charge is 0.465 e. The third-order valence-electron chi connectivity index (χ3n) is 3.38. The molecule has 0 atom stereocenters. The van der Waals surface area contributed by atoms with Crippen LogP contribution in [0.1, 0.15) is 31.1 Å². The van der Waals surface area contributed by atoms with E-state index in [1.165, 1.54) is 56.7 Å². The number of carbonyl (C=O) groups excluding carboxylic acids is 3. The molecule has 2 aromatic rings. The third-order valence-corrected chi connectivity index (χ3v) is 3.38. The van der Waals surface area contributed by atoms with E-state index >= 15 is 0 Å². The molecule has 2 aromatic carbocycles. The van der Waals surface area contributed by atoms with Gasteiger partial charge in [-0.25, -0.2) is 9.59 Å². The molecule has 0 radical (unpaired) electrons. The van der Waals surface area contributed by atoms with E-state index in [0.29, 0.717) is 0 Å². The van der Waals surface area contributed by atoms with Crippen LogP contribution in [0.3, 0.4) is 0 Å². The molecule has 9 nitrogen and oxygen atoms in total. The molecule has 1 N–H and O–H groups in total. The molecule has 0 fully saturated rings. The number of benzene rings is 2. The van der Waals surface area contributed by atoms with Crippen molar-refractivity contribution in [1.29, 1.82) is 0 Å². The van der Waals surface area contributed by atoms with E-state index < -0.39 is 22.8 Å². The fourth-order valence-corrected chi connectivity index (χ4v) is 2.19. The lowest BCUT2D eigenvalue weighted by molar-refractivity contribution is -0.385. The number of nitro benzene ring substituents is 1. The Kier molecular flexibility index (Phi) is 5.63. The Labute approximate surface area is 147 Å². The minimum absolute atomic E-state index is 0.00765. The predicted molar refractivity (Wildman–Crippen MR) is 90.2 cm³/mol. The fourth-order valence-electron chi connectivity index (χ4n) is 2.19. The quantitative estimate of drug-likeness (QED) is 0.494. The predicted octanol–water partition coefficient (Wildman–Crippen LogP) is 2.42. The Morgan fingerprint density at radius 2 is 1.50 bits per heavy atom. The van der Waals surface area contributed by atoms with Crippen LogP contribution in [0, 0.1) is 10.1 Å². The van der Waals surface area contributed by atoms with E-state index in [-0.39, 0.29) is 28.1 Å². The summed E-state index contributed by atoms with van der Waals surface area (Å²) in [4.78, 5) is 46.3. The number of carbonyl (C=O) groups is 3. The Balaban J connectivity index is 2.42.